The number of aliphatic hydroxyl groups excluding tert-OH is 2. The average molecular weight is 553 g/mol. The zero-order chi connectivity index (χ0) is 27.5. The van der Waals surface area contributed by atoms with Gasteiger partial charge in [0.05, 0.1) is 18.8 Å². The Morgan fingerprint density at radius 3 is 2.45 bits per heavy atom. The van der Waals surface area contributed by atoms with E-state index in [1.54, 1.807) is 35.2 Å². The van der Waals surface area contributed by atoms with Crippen LogP contribution in [0, 0.1) is 11.6 Å². The summed E-state index contributed by atoms with van der Waals surface area (Å²) in [5, 5.41) is 18.3. The third-order valence-corrected chi connectivity index (χ3v) is 9.78. The van der Waals surface area contributed by atoms with Crippen LogP contribution in [-0.2, 0) is 31.7 Å². The minimum absolute atomic E-state index is 0.0595. The lowest BCUT2D eigenvalue weighted by Gasteiger charge is -2.42. The first-order chi connectivity index (χ1) is 18.1. The molecule has 2 fully saturated rings. The number of benzene rings is 2. The molecule has 2 saturated heterocycles. The van der Waals surface area contributed by atoms with Crippen LogP contribution >= 0.6 is 0 Å². The maximum absolute atomic E-state index is 15.6. The molecule has 8 nitrogen and oxygen atoms in total. The summed E-state index contributed by atoms with van der Waals surface area (Å²) in [6.07, 6.45) is 0.179. The molecule has 2 aliphatic heterocycles. The van der Waals surface area contributed by atoms with E-state index < -0.39 is 45.2 Å². The zero-order valence-corrected chi connectivity index (χ0v) is 22.2. The quantitative estimate of drug-likeness (QED) is 0.522. The Hall–Kier alpha value is -2.44. The van der Waals surface area contributed by atoms with Gasteiger partial charge in [0.15, 0.2) is 0 Å². The highest BCUT2D eigenvalue weighted by Gasteiger charge is 2.42. The minimum atomic E-state index is -3.79. The van der Waals surface area contributed by atoms with Crippen molar-refractivity contribution in [1.29, 1.82) is 0 Å². The molecule has 2 atom stereocenters. The molecule has 38 heavy (non-hydrogen) atoms. The minimum Gasteiger partial charge on any atom is -0.394 e. The summed E-state index contributed by atoms with van der Waals surface area (Å²) in [5.74, 6) is -1.67. The Bertz CT molecular complexity index is 1240. The third kappa shape index (κ3) is 5.91. The lowest BCUT2D eigenvalue weighted by atomic mass is 9.83. The number of amides is 1. The highest BCUT2D eigenvalue weighted by atomic mass is 32.2. The molecular formula is C27H34F2N2O6S. The molecule has 0 unspecified atom stereocenters. The predicted octanol–water partition coefficient (Wildman–Crippen LogP) is 2.84. The second-order valence-corrected chi connectivity index (χ2v) is 12.1. The first kappa shape index (κ1) is 28.6. The van der Waals surface area contributed by atoms with Gasteiger partial charge < -0.3 is 19.8 Å². The summed E-state index contributed by atoms with van der Waals surface area (Å²) in [6, 6.07) is 10.9. The monoisotopic (exact) mass is 552 g/mol. The Morgan fingerprint density at radius 2 is 1.82 bits per heavy atom. The first-order valence-electron chi connectivity index (χ1n) is 12.8. The van der Waals surface area contributed by atoms with Crippen LogP contribution in [0.15, 0.2) is 42.5 Å². The Labute approximate surface area is 221 Å². The number of hydrogen-bond acceptors (Lipinski definition) is 6. The van der Waals surface area contributed by atoms with Crippen molar-refractivity contribution in [2.45, 2.75) is 56.1 Å². The van der Waals surface area contributed by atoms with Crippen LogP contribution in [0.5, 0.6) is 0 Å². The van der Waals surface area contributed by atoms with Gasteiger partial charge in [-0.2, -0.15) is 4.31 Å². The lowest BCUT2D eigenvalue weighted by Crippen LogP contribution is -2.47. The summed E-state index contributed by atoms with van der Waals surface area (Å²) in [6.45, 7) is 0.979. The standard InChI is InChI=1S/C27H34F2N2O6S/c1-19(33)30-12-9-27(10-13-30,37-18-22(34)17-32)23-15-24(28)21(14-25(23)29)16-31-11-5-8-26(38(31,35)36)20-6-3-2-4-7-20/h2-4,6-7,14-15,22,26,32,34H,5,8-13,16-18H2,1H3/t22-,26-/m1/s1. The number of carbonyl (C=O) groups excluding carboxylic acids is 1. The largest absolute Gasteiger partial charge is 0.394 e. The van der Waals surface area contributed by atoms with Crippen molar-refractivity contribution < 1.29 is 36.9 Å². The Morgan fingerprint density at radius 1 is 1.13 bits per heavy atom. The molecule has 208 valence electrons. The molecule has 1 amide bonds. The molecule has 0 aliphatic carbocycles. The number of rotatable bonds is 8. The second kappa shape index (κ2) is 11.7. The van der Waals surface area contributed by atoms with Gasteiger partial charge in [-0.3, -0.25) is 4.79 Å². The molecule has 0 saturated carbocycles. The van der Waals surface area contributed by atoms with Gasteiger partial charge in [-0.15, -0.1) is 0 Å². The fourth-order valence-corrected chi connectivity index (χ4v) is 7.34. The van der Waals surface area contributed by atoms with E-state index in [9.17, 15) is 23.4 Å². The summed E-state index contributed by atoms with van der Waals surface area (Å²) >= 11 is 0. The molecule has 2 aliphatic rings. The molecular weight excluding hydrogens is 518 g/mol. The fraction of sp³-hybridized carbons (Fsp3) is 0.519. The van der Waals surface area contributed by atoms with E-state index in [2.05, 4.69) is 0 Å². The van der Waals surface area contributed by atoms with Crippen LogP contribution < -0.4 is 0 Å². The number of aliphatic hydroxyl groups is 2. The number of ether oxygens (including phenoxy) is 1. The van der Waals surface area contributed by atoms with Gasteiger partial charge in [-0.05, 0) is 43.4 Å². The van der Waals surface area contributed by atoms with E-state index in [4.69, 9.17) is 4.74 Å². The third-order valence-electron chi connectivity index (χ3n) is 7.52. The second-order valence-electron chi connectivity index (χ2n) is 9.99. The summed E-state index contributed by atoms with van der Waals surface area (Å²) in [5.41, 5.74) is -0.799. The van der Waals surface area contributed by atoms with Crippen LogP contribution in [0.4, 0.5) is 8.78 Å². The molecule has 2 aromatic rings. The number of piperidine rings is 1. The first-order valence-corrected chi connectivity index (χ1v) is 14.3. The molecule has 4 rings (SSSR count). The molecule has 0 bridgehead atoms. The summed E-state index contributed by atoms with van der Waals surface area (Å²) < 4.78 is 64.9. The Kier molecular flexibility index (Phi) is 8.83. The highest BCUT2D eigenvalue weighted by Crippen LogP contribution is 2.40. The molecule has 0 spiro atoms. The topological polar surface area (TPSA) is 107 Å². The van der Waals surface area contributed by atoms with Gasteiger partial charge in [0.25, 0.3) is 0 Å². The average Bonchev–Trinajstić information content (AvgIpc) is 2.90. The van der Waals surface area contributed by atoms with Crippen molar-refractivity contribution in [3.05, 3.63) is 70.8 Å². The highest BCUT2D eigenvalue weighted by molar-refractivity contribution is 7.89. The molecule has 0 aromatic heterocycles. The van der Waals surface area contributed by atoms with E-state index in [1.165, 1.54) is 11.2 Å². The molecule has 11 heteroatoms. The number of likely N-dealkylation sites (tertiary alicyclic amines) is 1. The van der Waals surface area contributed by atoms with Gasteiger partial charge in [-0.1, -0.05) is 30.3 Å². The number of nitrogens with zero attached hydrogens (tertiary/aromatic N) is 2. The fourth-order valence-electron chi connectivity index (χ4n) is 5.32. The number of hydrogen-bond donors (Lipinski definition) is 2. The molecule has 0 radical (unpaired) electrons. The van der Waals surface area contributed by atoms with Crippen LogP contribution in [0.25, 0.3) is 0 Å². The maximum Gasteiger partial charge on any atom is 0.221 e. The van der Waals surface area contributed by atoms with E-state index >= 15 is 8.78 Å². The van der Waals surface area contributed by atoms with E-state index in [0.717, 1.165) is 12.1 Å². The Balaban J connectivity index is 1.60. The van der Waals surface area contributed by atoms with Crippen molar-refractivity contribution in [2.24, 2.45) is 0 Å². The van der Waals surface area contributed by atoms with E-state index in [-0.39, 0.29) is 62.7 Å². The van der Waals surface area contributed by atoms with E-state index in [0.29, 0.717) is 18.4 Å². The van der Waals surface area contributed by atoms with Gasteiger partial charge in [0, 0.05) is 44.2 Å². The maximum atomic E-state index is 15.6. The van der Waals surface area contributed by atoms with Crippen LogP contribution in [0.2, 0.25) is 0 Å². The summed E-state index contributed by atoms with van der Waals surface area (Å²) in [4.78, 5) is 13.4. The SMILES string of the molecule is CC(=O)N1CCC(OC[C@H](O)CO)(c2cc(F)c(CN3CCC[C@H](c4ccccc4)S3(=O)=O)cc2F)CC1. The van der Waals surface area contributed by atoms with Crippen LogP contribution in [-0.4, -0.2) is 72.7 Å². The van der Waals surface area contributed by atoms with Crippen molar-refractivity contribution in [3.8, 4) is 0 Å². The molecule has 2 heterocycles. The van der Waals surface area contributed by atoms with Crippen molar-refractivity contribution in [1.82, 2.24) is 9.21 Å². The number of halogens is 2. The predicted molar refractivity (Wildman–Crippen MR) is 136 cm³/mol. The van der Waals surface area contributed by atoms with Crippen LogP contribution in [0.1, 0.15) is 54.5 Å². The van der Waals surface area contributed by atoms with Gasteiger partial charge >= 0.3 is 0 Å². The zero-order valence-electron chi connectivity index (χ0n) is 21.4. The lowest BCUT2D eigenvalue weighted by molar-refractivity contribution is -0.143. The smallest absolute Gasteiger partial charge is 0.221 e. The number of carbonyl (C=O) groups is 1. The van der Waals surface area contributed by atoms with Gasteiger partial charge in [0.1, 0.15) is 23.0 Å². The normalized spacial score (nSPS) is 22.2. The van der Waals surface area contributed by atoms with E-state index in [1.807, 2.05) is 0 Å². The van der Waals surface area contributed by atoms with Crippen molar-refractivity contribution >= 4 is 15.9 Å². The van der Waals surface area contributed by atoms with Gasteiger partial charge in [-0.25, -0.2) is 17.2 Å². The number of sulfonamides is 1. The molecule has 2 aromatic carbocycles. The summed E-state index contributed by atoms with van der Waals surface area (Å²) in [7, 11) is -3.79. The van der Waals surface area contributed by atoms with Crippen LogP contribution in [0.3, 0.4) is 0 Å². The molecule has 2 N–H and O–H groups in total. The van der Waals surface area contributed by atoms with Crippen molar-refractivity contribution in [2.75, 3.05) is 32.8 Å². The van der Waals surface area contributed by atoms with Crippen molar-refractivity contribution in [3.63, 3.8) is 0 Å². The van der Waals surface area contributed by atoms with Gasteiger partial charge in [0.2, 0.25) is 15.9 Å².